The topological polar surface area (TPSA) is 105 Å². The summed E-state index contributed by atoms with van der Waals surface area (Å²) in [5, 5.41) is 11.4. The van der Waals surface area contributed by atoms with Crippen molar-refractivity contribution in [3.8, 4) is 11.5 Å². The zero-order valence-corrected chi connectivity index (χ0v) is 26.8. The molecule has 0 saturated heterocycles. The van der Waals surface area contributed by atoms with Gasteiger partial charge in [0.05, 0.1) is 6.61 Å². The van der Waals surface area contributed by atoms with Crippen molar-refractivity contribution in [3.05, 3.63) is 47.1 Å². The highest BCUT2D eigenvalue weighted by Gasteiger charge is 2.46. The standard InChI is InChI=1S/C33H51O7P/c1-8-9-11-14-25-20-28(34)30(27-19-24(4)15-16-26(27)23(2)3)29(21-25)39-31(35)33(17-12-10-13-18-33)40-41(36,37)38-22-32(5,6)7/h19-21,26-27,34H,2,8-18,22H2,1,3-7H3,(H,36,37)/p-1/t26-,27+/m0/s1. The number of unbranched alkanes of at least 4 members (excludes halogenated alkanes) is 2. The zero-order valence-electron chi connectivity index (χ0n) is 25.9. The summed E-state index contributed by atoms with van der Waals surface area (Å²) in [6.07, 6.45) is 10.3. The van der Waals surface area contributed by atoms with Gasteiger partial charge in [0.25, 0.3) is 7.82 Å². The summed E-state index contributed by atoms with van der Waals surface area (Å²) in [7, 11) is -4.81. The van der Waals surface area contributed by atoms with Crippen LogP contribution in [0.15, 0.2) is 35.9 Å². The molecule has 3 atom stereocenters. The van der Waals surface area contributed by atoms with E-state index in [1.54, 1.807) is 6.07 Å². The van der Waals surface area contributed by atoms with Crippen molar-refractivity contribution in [1.29, 1.82) is 0 Å². The Morgan fingerprint density at radius 1 is 1.20 bits per heavy atom. The third-order valence-corrected chi connectivity index (χ3v) is 9.16. The van der Waals surface area contributed by atoms with E-state index in [0.29, 0.717) is 18.4 Å². The maximum atomic E-state index is 14.0. The van der Waals surface area contributed by atoms with E-state index in [4.69, 9.17) is 13.8 Å². The third kappa shape index (κ3) is 9.28. The van der Waals surface area contributed by atoms with Crippen molar-refractivity contribution in [2.45, 2.75) is 124 Å². The summed E-state index contributed by atoms with van der Waals surface area (Å²) in [6.45, 7) is 15.9. The molecule has 1 saturated carbocycles. The van der Waals surface area contributed by atoms with Gasteiger partial charge in [-0.3, -0.25) is 9.09 Å². The first-order chi connectivity index (χ1) is 19.2. The van der Waals surface area contributed by atoms with Crippen molar-refractivity contribution in [3.63, 3.8) is 0 Å². The first-order valence-corrected chi connectivity index (χ1v) is 16.7. The second-order valence-corrected chi connectivity index (χ2v) is 14.7. The molecule has 41 heavy (non-hydrogen) atoms. The number of phosphoric ester groups is 1. The molecule has 1 aromatic rings. The van der Waals surface area contributed by atoms with Crippen LogP contribution in [0, 0.1) is 11.3 Å². The van der Waals surface area contributed by atoms with Crippen molar-refractivity contribution in [1.82, 2.24) is 0 Å². The number of hydrogen-bond acceptors (Lipinski definition) is 7. The van der Waals surface area contributed by atoms with Crippen molar-refractivity contribution >= 4 is 13.8 Å². The Morgan fingerprint density at radius 3 is 2.49 bits per heavy atom. The van der Waals surface area contributed by atoms with Crippen molar-refractivity contribution in [2.24, 2.45) is 11.3 Å². The van der Waals surface area contributed by atoms with E-state index in [9.17, 15) is 19.4 Å². The highest BCUT2D eigenvalue weighted by Crippen LogP contribution is 2.51. The molecule has 0 heterocycles. The van der Waals surface area contributed by atoms with Gasteiger partial charge in [0.1, 0.15) is 11.5 Å². The van der Waals surface area contributed by atoms with Gasteiger partial charge in [-0.2, -0.15) is 0 Å². The molecule has 1 unspecified atom stereocenters. The maximum absolute atomic E-state index is 14.0. The van der Waals surface area contributed by atoms with E-state index in [1.807, 2.05) is 33.8 Å². The summed E-state index contributed by atoms with van der Waals surface area (Å²) in [5.74, 6) is -0.584. The Labute approximate surface area is 247 Å². The second-order valence-electron chi connectivity index (χ2n) is 13.3. The van der Waals surface area contributed by atoms with Crippen LogP contribution in [-0.4, -0.2) is 23.3 Å². The number of rotatable bonds is 12. The van der Waals surface area contributed by atoms with E-state index in [1.165, 1.54) is 5.57 Å². The van der Waals surface area contributed by atoms with Gasteiger partial charge in [-0.25, -0.2) is 4.79 Å². The first-order valence-electron chi connectivity index (χ1n) is 15.2. The molecule has 1 aromatic carbocycles. The lowest BCUT2D eigenvalue weighted by molar-refractivity contribution is -0.241. The molecular formula is C33H50O7P-. The summed E-state index contributed by atoms with van der Waals surface area (Å²) in [6, 6.07) is 3.61. The summed E-state index contributed by atoms with van der Waals surface area (Å²) >= 11 is 0. The van der Waals surface area contributed by atoms with Gasteiger partial charge in [0, 0.05) is 11.5 Å². The Kier molecular flexibility index (Phi) is 11.5. The normalized spacial score (nSPS) is 22.5. The molecule has 0 amide bonds. The van der Waals surface area contributed by atoms with E-state index in [0.717, 1.165) is 56.1 Å². The maximum Gasteiger partial charge on any atom is 0.344 e. The van der Waals surface area contributed by atoms with Crippen LogP contribution in [0.4, 0.5) is 0 Å². The Hall–Kier alpha value is -1.92. The van der Waals surface area contributed by atoms with Crippen molar-refractivity contribution < 1.29 is 33.1 Å². The van der Waals surface area contributed by atoms with Crippen LogP contribution in [0.2, 0.25) is 0 Å². The van der Waals surface area contributed by atoms with Gasteiger partial charge in [0.15, 0.2) is 5.60 Å². The van der Waals surface area contributed by atoms with Crippen molar-refractivity contribution in [2.75, 3.05) is 6.61 Å². The monoisotopic (exact) mass is 589 g/mol. The first kappa shape index (κ1) is 33.6. The third-order valence-electron chi connectivity index (χ3n) is 8.14. The van der Waals surface area contributed by atoms with Crippen LogP contribution in [0.5, 0.6) is 11.5 Å². The van der Waals surface area contributed by atoms with Crippen LogP contribution in [0.3, 0.4) is 0 Å². The number of hydrogen-bond donors (Lipinski definition) is 1. The van der Waals surface area contributed by atoms with E-state index in [2.05, 4.69) is 26.5 Å². The Bertz CT molecular complexity index is 1160. The number of benzene rings is 1. The van der Waals surface area contributed by atoms with Crippen LogP contribution >= 0.6 is 7.82 Å². The number of phosphoric acid groups is 1. The second kappa shape index (κ2) is 14.0. The quantitative estimate of drug-likeness (QED) is 0.0859. The van der Waals surface area contributed by atoms with Crippen LogP contribution < -0.4 is 9.63 Å². The van der Waals surface area contributed by atoms with E-state index >= 15 is 0 Å². The number of allylic oxidation sites excluding steroid dienone is 3. The number of phenolic OH excluding ortho intramolecular Hbond substituents is 1. The molecule has 8 heteroatoms. The van der Waals surface area contributed by atoms with Gasteiger partial charge in [-0.1, -0.05) is 70.8 Å². The van der Waals surface area contributed by atoms with Crippen LogP contribution in [-0.2, 0) is 24.8 Å². The largest absolute Gasteiger partial charge is 0.756 e. The molecule has 0 bridgehead atoms. The summed E-state index contributed by atoms with van der Waals surface area (Å²) < 4.78 is 29.9. The Balaban J connectivity index is 2.03. The van der Waals surface area contributed by atoms with Gasteiger partial charge >= 0.3 is 5.97 Å². The fraction of sp³-hybridized carbons (Fsp3) is 0.667. The van der Waals surface area contributed by atoms with E-state index < -0.39 is 24.8 Å². The number of aromatic hydroxyl groups is 1. The number of phenols is 1. The van der Waals surface area contributed by atoms with Gasteiger partial charge in [0.2, 0.25) is 0 Å². The minimum Gasteiger partial charge on any atom is -0.756 e. The van der Waals surface area contributed by atoms with Crippen LogP contribution in [0.1, 0.15) is 123 Å². The molecule has 0 spiro atoms. The highest BCUT2D eigenvalue weighted by molar-refractivity contribution is 7.46. The predicted molar refractivity (Wildman–Crippen MR) is 161 cm³/mol. The minimum absolute atomic E-state index is 0.0631. The number of aryl methyl sites for hydroxylation is 1. The number of carbonyl (C=O) groups is 1. The fourth-order valence-electron chi connectivity index (χ4n) is 5.88. The Morgan fingerprint density at radius 2 is 1.88 bits per heavy atom. The highest BCUT2D eigenvalue weighted by atomic mass is 31.2. The molecule has 0 radical (unpaired) electrons. The lowest BCUT2D eigenvalue weighted by Gasteiger charge is -2.40. The fourth-order valence-corrected chi connectivity index (χ4v) is 7.16. The summed E-state index contributed by atoms with van der Waals surface area (Å²) in [5.41, 5.74) is 1.52. The molecule has 2 aliphatic carbocycles. The minimum atomic E-state index is -4.81. The molecule has 0 aromatic heterocycles. The van der Waals surface area contributed by atoms with E-state index in [-0.39, 0.29) is 42.8 Å². The molecule has 3 rings (SSSR count). The number of carbonyl (C=O) groups excluding carboxylic acids is 1. The number of ether oxygens (including phenoxy) is 1. The average molecular weight is 590 g/mol. The SMILES string of the molecule is C=C(C)[C@@H]1CCC(C)=C[C@H]1c1c(O)cc(CCCCC)cc1OC(=O)C1(OP(=O)([O-])OCC(C)(C)C)CCCCC1. The average Bonchev–Trinajstić information content (AvgIpc) is 2.87. The molecular weight excluding hydrogens is 539 g/mol. The van der Waals surface area contributed by atoms with Gasteiger partial charge in [-0.15, -0.1) is 0 Å². The molecule has 1 fully saturated rings. The van der Waals surface area contributed by atoms with Gasteiger partial charge in [-0.05, 0) is 94.2 Å². The molecule has 2 aliphatic rings. The predicted octanol–water partition coefficient (Wildman–Crippen LogP) is 8.30. The lowest BCUT2D eigenvalue weighted by atomic mass is 9.73. The van der Waals surface area contributed by atoms with Crippen LogP contribution in [0.25, 0.3) is 0 Å². The molecule has 1 N–H and O–H groups in total. The molecule has 230 valence electrons. The molecule has 7 nitrogen and oxygen atoms in total. The molecule has 0 aliphatic heterocycles. The van der Waals surface area contributed by atoms with Gasteiger partial charge < -0.3 is 19.3 Å². The summed E-state index contributed by atoms with van der Waals surface area (Å²) in [4.78, 5) is 26.9. The smallest absolute Gasteiger partial charge is 0.344 e. The number of esters is 1. The lowest BCUT2D eigenvalue weighted by Crippen LogP contribution is -2.46. The zero-order chi connectivity index (χ0) is 30.4.